The Balaban J connectivity index is 1.48. The Kier molecular flexibility index (Phi) is 6.56. The van der Waals surface area contributed by atoms with Crippen molar-refractivity contribution in [1.82, 2.24) is 9.62 Å². The van der Waals surface area contributed by atoms with E-state index in [-0.39, 0.29) is 18.2 Å². The minimum atomic E-state index is -3.28. The van der Waals surface area contributed by atoms with Crippen molar-refractivity contribution in [1.29, 1.82) is 0 Å². The number of carbonyl (C=O) groups excluding carboxylic acids is 1. The molecule has 27 heavy (non-hydrogen) atoms. The van der Waals surface area contributed by atoms with Crippen LogP contribution in [0.5, 0.6) is 5.75 Å². The molecule has 0 saturated carbocycles. The zero-order chi connectivity index (χ0) is 19.3. The molecule has 0 aromatic heterocycles. The number of sulfonamides is 1. The molecular formula is C18H27N3O5S. The van der Waals surface area contributed by atoms with Crippen molar-refractivity contribution in [3.63, 3.8) is 0 Å². The number of urea groups is 1. The van der Waals surface area contributed by atoms with Crippen LogP contribution in [0.15, 0.2) is 24.3 Å². The third kappa shape index (κ3) is 6.37. The number of ether oxygens (including phenoxy) is 2. The Bertz CT molecular complexity index is 732. The van der Waals surface area contributed by atoms with E-state index in [0.717, 1.165) is 44.3 Å². The molecular weight excluding hydrogens is 370 g/mol. The quantitative estimate of drug-likeness (QED) is 0.763. The van der Waals surface area contributed by atoms with Crippen molar-refractivity contribution >= 4 is 21.7 Å². The molecule has 9 heteroatoms. The highest BCUT2D eigenvalue weighted by molar-refractivity contribution is 7.88. The molecule has 1 aromatic rings. The van der Waals surface area contributed by atoms with Crippen LogP contribution in [0.25, 0.3) is 0 Å². The smallest absolute Gasteiger partial charge is 0.321 e. The first-order valence-corrected chi connectivity index (χ1v) is 11.2. The van der Waals surface area contributed by atoms with Gasteiger partial charge in [0.05, 0.1) is 12.4 Å². The fraction of sp³-hybridized carbons (Fsp3) is 0.611. The van der Waals surface area contributed by atoms with Crippen LogP contribution < -0.4 is 14.8 Å². The van der Waals surface area contributed by atoms with Crippen LogP contribution in [-0.2, 0) is 14.8 Å². The fourth-order valence-corrected chi connectivity index (χ4v) is 4.16. The topological polar surface area (TPSA) is 97.0 Å². The number of carbonyl (C=O) groups is 1. The second kappa shape index (κ2) is 8.90. The predicted molar refractivity (Wildman–Crippen MR) is 103 cm³/mol. The minimum Gasteiger partial charge on any atom is -0.491 e. The molecule has 2 aliphatic heterocycles. The Hall–Kier alpha value is -1.84. The maximum absolute atomic E-state index is 12.5. The lowest BCUT2D eigenvalue weighted by Crippen LogP contribution is -2.50. The largest absolute Gasteiger partial charge is 0.491 e. The lowest BCUT2D eigenvalue weighted by atomic mass is 10.1. The Morgan fingerprint density at radius 3 is 2.70 bits per heavy atom. The fourth-order valence-electron chi connectivity index (χ4n) is 3.36. The van der Waals surface area contributed by atoms with Gasteiger partial charge in [0, 0.05) is 31.4 Å². The number of rotatable bonds is 6. The van der Waals surface area contributed by atoms with Crippen molar-refractivity contribution < 1.29 is 22.7 Å². The van der Waals surface area contributed by atoms with E-state index in [4.69, 9.17) is 9.47 Å². The number of piperidine rings is 1. The lowest BCUT2D eigenvalue weighted by molar-refractivity contribution is 0.0679. The highest BCUT2D eigenvalue weighted by Gasteiger charge is 2.25. The van der Waals surface area contributed by atoms with Crippen LogP contribution in [0.3, 0.4) is 0 Å². The second-order valence-electron chi connectivity index (χ2n) is 7.08. The van der Waals surface area contributed by atoms with Crippen molar-refractivity contribution in [2.75, 3.05) is 37.9 Å². The van der Waals surface area contributed by atoms with Crippen LogP contribution in [0.1, 0.15) is 25.7 Å². The number of nitrogens with one attached hydrogen (secondary N) is 2. The van der Waals surface area contributed by atoms with Gasteiger partial charge in [-0.15, -0.1) is 0 Å². The van der Waals surface area contributed by atoms with E-state index in [1.807, 2.05) is 12.1 Å². The van der Waals surface area contributed by atoms with Crippen LogP contribution in [0.2, 0.25) is 0 Å². The van der Waals surface area contributed by atoms with Gasteiger partial charge in [-0.2, -0.15) is 0 Å². The summed E-state index contributed by atoms with van der Waals surface area (Å²) in [5.41, 5.74) is 0.669. The number of benzene rings is 1. The zero-order valence-electron chi connectivity index (χ0n) is 15.5. The summed E-state index contributed by atoms with van der Waals surface area (Å²) >= 11 is 0. The predicted octanol–water partition coefficient (Wildman–Crippen LogP) is 1.79. The summed E-state index contributed by atoms with van der Waals surface area (Å²) < 4.78 is 36.6. The van der Waals surface area contributed by atoms with Gasteiger partial charge in [-0.3, -0.25) is 0 Å². The number of nitrogens with zero attached hydrogens (tertiary/aromatic N) is 1. The average Bonchev–Trinajstić information content (AvgIpc) is 3.13. The van der Waals surface area contributed by atoms with E-state index in [1.165, 1.54) is 0 Å². The Morgan fingerprint density at radius 2 is 2.04 bits per heavy atom. The molecule has 150 valence electrons. The Morgan fingerprint density at radius 1 is 1.26 bits per heavy atom. The van der Waals surface area contributed by atoms with Gasteiger partial charge in [0.25, 0.3) is 0 Å². The summed E-state index contributed by atoms with van der Waals surface area (Å²) in [7, 11) is -3.28. The van der Waals surface area contributed by atoms with Gasteiger partial charge >= 0.3 is 6.03 Å². The van der Waals surface area contributed by atoms with Crippen LogP contribution in [0, 0.1) is 0 Å². The van der Waals surface area contributed by atoms with E-state index in [9.17, 15) is 13.2 Å². The van der Waals surface area contributed by atoms with Gasteiger partial charge in [-0.25, -0.2) is 17.9 Å². The molecule has 0 spiro atoms. The number of anilines is 1. The third-order valence-electron chi connectivity index (χ3n) is 4.65. The van der Waals surface area contributed by atoms with Gasteiger partial charge in [0.1, 0.15) is 12.4 Å². The maximum Gasteiger partial charge on any atom is 0.321 e. The molecule has 2 fully saturated rings. The lowest BCUT2D eigenvalue weighted by Gasteiger charge is -2.32. The minimum absolute atomic E-state index is 0.164. The van der Waals surface area contributed by atoms with Crippen molar-refractivity contribution in [2.45, 2.75) is 37.8 Å². The molecule has 2 N–H and O–H groups in total. The number of amides is 2. The normalized spacial score (nSPS) is 23.2. The van der Waals surface area contributed by atoms with Gasteiger partial charge in [-0.1, -0.05) is 0 Å². The van der Waals surface area contributed by atoms with E-state index in [0.29, 0.717) is 25.4 Å². The summed E-state index contributed by atoms with van der Waals surface area (Å²) in [5.74, 6) is 0.735. The SMILES string of the molecule is CS(=O)(=O)N[C@H]1CCCN(C(=O)Nc2ccc(OC[C@H]3CCCO3)cc2)C1. The molecule has 2 atom stereocenters. The van der Waals surface area contributed by atoms with E-state index in [1.54, 1.807) is 17.0 Å². The summed E-state index contributed by atoms with van der Waals surface area (Å²) in [5, 5.41) is 2.85. The number of hydrogen-bond acceptors (Lipinski definition) is 5. The van der Waals surface area contributed by atoms with Crippen LogP contribution in [-0.4, -0.2) is 64.1 Å². The first kappa shape index (κ1) is 19.9. The number of hydrogen-bond donors (Lipinski definition) is 2. The summed E-state index contributed by atoms with van der Waals surface area (Å²) in [6.07, 6.45) is 4.89. The summed E-state index contributed by atoms with van der Waals surface area (Å²) in [6, 6.07) is 6.73. The summed E-state index contributed by atoms with van der Waals surface area (Å²) in [4.78, 5) is 14.1. The van der Waals surface area contributed by atoms with E-state index in [2.05, 4.69) is 10.0 Å². The van der Waals surface area contributed by atoms with Crippen molar-refractivity contribution in [3.8, 4) is 5.75 Å². The third-order valence-corrected chi connectivity index (χ3v) is 5.42. The van der Waals surface area contributed by atoms with Gasteiger partial charge in [-0.05, 0) is 49.9 Å². The first-order valence-electron chi connectivity index (χ1n) is 9.27. The molecule has 2 heterocycles. The molecule has 3 rings (SSSR count). The standard InChI is InChI=1S/C18H27N3O5S/c1-27(23,24)20-15-4-2-10-21(12-15)18(22)19-14-6-8-16(9-7-14)26-13-17-5-3-11-25-17/h6-9,15,17,20H,2-5,10-13H2,1H3,(H,19,22)/t15-,17+/m0/s1. The van der Waals surface area contributed by atoms with Gasteiger partial charge in [0.15, 0.2) is 0 Å². The zero-order valence-corrected chi connectivity index (χ0v) is 16.3. The van der Waals surface area contributed by atoms with Gasteiger partial charge < -0.3 is 19.7 Å². The molecule has 1 aromatic carbocycles. The first-order chi connectivity index (χ1) is 12.9. The van der Waals surface area contributed by atoms with Crippen molar-refractivity contribution in [2.24, 2.45) is 0 Å². The highest BCUT2D eigenvalue weighted by Crippen LogP contribution is 2.19. The average molecular weight is 397 g/mol. The molecule has 0 bridgehead atoms. The number of likely N-dealkylation sites (tertiary alicyclic amines) is 1. The molecule has 0 unspecified atom stereocenters. The Labute approximate surface area is 160 Å². The molecule has 2 saturated heterocycles. The molecule has 8 nitrogen and oxygen atoms in total. The van der Waals surface area contributed by atoms with E-state index < -0.39 is 10.0 Å². The molecule has 2 aliphatic rings. The second-order valence-corrected chi connectivity index (χ2v) is 8.86. The van der Waals surface area contributed by atoms with Crippen molar-refractivity contribution in [3.05, 3.63) is 24.3 Å². The molecule has 0 radical (unpaired) electrons. The van der Waals surface area contributed by atoms with E-state index >= 15 is 0 Å². The molecule has 0 aliphatic carbocycles. The van der Waals surface area contributed by atoms with Gasteiger partial charge in [0.2, 0.25) is 10.0 Å². The van der Waals surface area contributed by atoms with Crippen LogP contribution in [0.4, 0.5) is 10.5 Å². The van der Waals surface area contributed by atoms with Crippen LogP contribution >= 0.6 is 0 Å². The monoisotopic (exact) mass is 397 g/mol. The molecule has 2 amide bonds. The summed E-state index contributed by atoms with van der Waals surface area (Å²) in [6.45, 7) is 2.31. The highest BCUT2D eigenvalue weighted by atomic mass is 32.2. The maximum atomic E-state index is 12.5.